The van der Waals surface area contributed by atoms with Crippen molar-refractivity contribution in [1.29, 1.82) is 0 Å². The molecule has 0 amide bonds. The minimum Gasteiger partial charge on any atom is -0.507 e. The van der Waals surface area contributed by atoms with Crippen LogP contribution in [0.1, 0.15) is 11.1 Å². The average molecular weight is 410 g/mol. The van der Waals surface area contributed by atoms with Gasteiger partial charge in [0.1, 0.15) is 22.2 Å². The summed E-state index contributed by atoms with van der Waals surface area (Å²) in [6, 6.07) is 23.0. The number of phenolic OH excluding ortho intramolecular Hbond substituents is 2. The highest BCUT2D eigenvalue weighted by atomic mass is 32.1. The fourth-order valence-corrected chi connectivity index (χ4v) is 4.50. The molecule has 1 heterocycles. The first-order valence-electron chi connectivity index (χ1n) is 9.54. The van der Waals surface area contributed by atoms with Crippen LogP contribution < -0.4 is 0 Å². The van der Waals surface area contributed by atoms with Crippen LogP contribution in [0.3, 0.4) is 0 Å². The molecule has 4 nitrogen and oxygen atoms in total. The highest BCUT2D eigenvalue weighted by molar-refractivity contribution is 7.21. The van der Waals surface area contributed by atoms with Gasteiger partial charge in [-0.15, -0.1) is 11.3 Å². The second kappa shape index (κ2) is 7.28. The Labute approximate surface area is 177 Å². The van der Waals surface area contributed by atoms with Crippen LogP contribution in [0.5, 0.6) is 11.5 Å². The van der Waals surface area contributed by atoms with Gasteiger partial charge < -0.3 is 10.2 Å². The van der Waals surface area contributed by atoms with Gasteiger partial charge in [0.15, 0.2) is 0 Å². The van der Waals surface area contributed by atoms with Gasteiger partial charge in [-0.05, 0) is 53.6 Å². The van der Waals surface area contributed by atoms with E-state index < -0.39 is 0 Å². The van der Waals surface area contributed by atoms with Crippen molar-refractivity contribution in [1.82, 2.24) is 4.98 Å². The van der Waals surface area contributed by atoms with Crippen LogP contribution in [-0.2, 0) is 0 Å². The van der Waals surface area contributed by atoms with Gasteiger partial charge in [0.25, 0.3) is 0 Å². The van der Waals surface area contributed by atoms with E-state index >= 15 is 0 Å². The van der Waals surface area contributed by atoms with Crippen molar-refractivity contribution < 1.29 is 10.2 Å². The highest BCUT2D eigenvalue weighted by Crippen LogP contribution is 2.40. The number of rotatable bonds is 3. The molecule has 0 aliphatic carbocycles. The Morgan fingerprint density at radius 2 is 1.73 bits per heavy atom. The van der Waals surface area contributed by atoms with Gasteiger partial charge >= 0.3 is 0 Å². The summed E-state index contributed by atoms with van der Waals surface area (Å²) in [5.41, 5.74) is 3.64. The van der Waals surface area contributed by atoms with Crippen molar-refractivity contribution in [3.63, 3.8) is 0 Å². The van der Waals surface area contributed by atoms with Crippen molar-refractivity contribution >= 4 is 44.2 Å². The summed E-state index contributed by atoms with van der Waals surface area (Å²) in [5, 5.41) is 23.9. The average Bonchev–Trinajstić information content (AvgIpc) is 3.19. The second-order valence-corrected chi connectivity index (χ2v) is 8.18. The Morgan fingerprint density at radius 3 is 2.60 bits per heavy atom. The minimum absolute atomic E-state index is 0.1000. The third kappa shape index (κ3) is 3.19. The standard InChI is InChI=1S/C25H18N2O2S/c1-15-10-11-22(28)21(12-15)26-14-19-17-7-3-2-6-16(17)13-18(24(19)29)25-27-20-8-4-5-9-23(20)30-25/h2-14,28-29H,1H3. The Bertz CT molecular complexity index is 1400. The van der Waals surface area contributed by atoms with E-state index in [4.69, 9.17) is 4.98 Å². The van der Waals surface area contributed by atoms with Crippen LogP contribution in [0.2, 0.25) is 0 Å². The van der Waals surface area contributed by atoms with Gasteiger partial charge in [-0.3, -0.25) is 4.99 Å². The Kier molecular flexibility index (Phi) is 4.45. The van der Waals surface area contributed by atoms with Crippen LogP contribution >= 0.6 is 11.3 Å². The number of aryl methyl sites for hydroxylation is 1. The molecule has 0 radical (unpaired) electrons. The lowest BCUT2D eigenvalue weighted by molar-refractivity contribution is 0.475. The Morgan fingerprint density at radius 1 is 0.933 bits per heavy atom. The third-order valence-corrected chi connectivity index (χ3v) is 6.12. The van der Waals surface area contributed by atoms with Crippen LogP contribution in [-0.4, -0.2) is 21.4 Å². The fourth-order valence-electron chi connectivity index (χ4n) is 3.52. The number of hydrogen-bond donors (Lipinski definition) is 2. The number of fused-ring (bicyclic) bond motifs is 2. The summed E-state index contributed by atoms with van der Waals surface area (Å²) in [7, 11) is 0. The zero-order chi connectivity index (χ0) is 20.7. The maximum Gasteiger partial charge on any atom is 0.141 e. The predicted octanol–water partition coefficient (Wildman–Crippen LogP) is 6.59. The topological polar surface area (TPSA) is 65.7 Å². The molecule has 5 rings (SSSR count). The molecule has 0 aliphatic heterocycles. The van der Waals surface area contributed by atoms with Crippen molar-refractivity contribution in [2.45, 2.75) is 6.92 Å². The molecule has 1 aromatic heterocycles. The molecule has 0 saturated heterocycles. The Balaban J connectivity index is 1.71. The number of benzene rings is 4. The number of hydrogen-bond acceptors (Lipinski definition) is 5. The number of phenols is 2. The SMILES string of the molecule is Cc1ccc(O)c(N=Cc2c(O)c(-c3nc4ccccc4s3)cc3ccccc23)c1. The molecule has 0 spiro atoms. The van der Waals surface area contributed by atoms with E-state index in [1.165, 1.54) is 0 Å². The van der Waals surface area contributed by atoms with Crippen LogP contribution in [0.4, 0.5) is 5.69 Å². The molecule has 0 bridgehead atoms. The minimum atomic E-state index is 0.1000. The molecule has 0 unspecified atom stereocenters. The van der Waals surface area contributed by atoms with Crippen molar-refractivity contribution in [3.05, 3.63) is 83.9 Å². The van der Waals surface area contributed by atoms with Crippen molar-refractivity contribution in [2.24, 2.45) is 4.99 Å². The number of para-hydroxylation sites is 1. The first-order valence-corrected chi connectivity index (χ1v) is 10.4. The monoisotopic (exact) mass is 410 g/mol. The molecule has 4 aromatic carbocycles. The fraction of sp³-hybridized carbons (Fsp3) is 0.0400. The van der Waals surface area contributed by atoms with Gasteiger partial charge in [0, 0.05) is 11.8 Å². The first-order chi connectivity index (χ1) is 14.6. The molecule has 0 atom stereocenters. The summed E-state index contributed by atoms with van der Waals surface area (Å²) >= 11 is 1.55. The highest BCUT2D eigenvalue weighted by Gasteiger charge is 2.16. The number of thiazole rings is 1. The molecule has 0 aliphatic rings. The molecule has 0 fully saturated rings. The molecular formula is C25H18N2O2S. The zero-order valence-corrected chi connectivity index (χ0v) is 17.0. The van der Waals surface area contributed by atoms with Gasteiger partial charge in [-0.25, -0.2) is 4.98 Å². The lowest BCUT2D eigenvalue weighted by atomic mass is 10.00. The summed E-state index contributed by atoms with van der Waals surface area (Å²) < 4.78 is 1.07. The quantitative estimate of drug-likeness (QED) is 0.330. The largest absolute Gasteiger partial charge is 0.507 e. The van der Waals surface area contributed by atoms with Crippen LogP contribution in [0.15, 0.2) is 77.8 Å². The lowest BCUT2D eigenvalue weighted by Crippen LogP contribution is -1.90. The smallest absolute Gasteiger partial charge is 0.141 e. The summed E-state index contributed by atoms with van der Waals surface area (Å²) in [4.78, 5) is 9.18. The summed E-state index contributed by atoms with van der Waals surface area (Å²) in [6.07, 6.45) is 1.61. The Hall–Kier alpha value is -3.70. The van der Waals surface area contributed by atoms with Crippen LogP contribution in [0.25, 0.3) is 31.6 Å². The van der Waals surface area contributed by atoms with Gasteiger partial charge in [0.2, 0.25) is 0 Å². The third-order valence-electron chi connectivity index (χ3n) is 5.05. The number of aromatic hydroxyl groups is 2. The van der Waals surface area contributed by atoms with E-state index in [2.05, 4.69) is 4.99 Å². The predicted molar refractivity (Wildman–Crippen MR) is 124 cm³/mol. The van der Waals surface area contributed by atoms with Crippen molar-refractivity contribution in [3.8, 4) is 22.1 Å². The van der Waals surface area contributed by atoms with E-state index in [0.29, 0.717) is 16.8 Å². The summed E-state index contributed by atoms with van der Waals surface area (Å²) in [6.45, 7) is 1.94. The maximum absolute atomic E-state index is 11.2. The normalized spacial score (nSPS) is 11.6. The molecule has 5 heteroatoms. The molecule has 0 saturated carbocycles. The number of aromatic nitrogens is 1. The first kappa shape index (κ1) is 18.3. The van der Waals surface area contributed by atoms with Crippen molar-refractivity contribution in [2.75, 3.05) is 0 Å². The van der Waals surface area contributed by atoms with E-state index in [1.807, 2.05) is 73.7 Å². The molecular weight excluding hydrogens is 392 g/mol. The van der Waals surface area contributed by atoms with Gasteiger partial charge in [0.05, 0.1) is 15.8 Å². The summed E-state index contributed by atoms with van der Waals surface area (Å²) in [5.74, 6) is 0.228. The lowest BCUT2D eigenvalue weighted by Gasteiger charge is -2.10. The van der Waals surface area contributed by atoms with Gasteiger partial charge in [-0.2, -0.15) is 0 Å². The number of nitrogens with zero attached hydrogens (tertiary/aromatic N) is 2. The maximum atomic E-state index is 11.2. The molecule has 30 heavy (non-hydrogen) atoms. The molecule has 2 N–H and O–H groups in total. The van der Waals surface area contributed by atoms with E-state index in [0.717, 1.165) is 31.6 Å². The van der Waals surface area contributed by atoms with E-state index in [9.17, 15) is 10.2 Å². The van der Waals surface area contributed by atoms with Gasteiger partial charge in [-0.1, -0.05) is 42.5 Å². The van der Waals surface area contributed by atoms with E-state index in [1.54, 1.807) is 23.6 Å². The number of aliphatic imine (C=N–C) groups is 1. The van der Waals surface area contributed by atoms with E-state index in [-0.39, 0.29) is 11.5 Å². The molecule has 146 valence electrons. The zero-order valence-electron chi connectivity index (χ0n) is 16.2. The molecule has 5 aromatic rings. The second-order valence-electron chi connectivity index (χ2n) is 7.14. The van der Waals surface area contributed by atoms with Crippen LogP contribution in [0, 0.1) is 6.92 Å².